The SMILES string of the molecule is CC(C)C[C@@H](C(=O)NN(CC(C)C)S(=O)(=O)Cc1ccccc1[N+](=O)[O-])[C@H](CC=Cc1ccccc1)C(=O)NOC1CCCCO1. The number of sulfonamides is 1. The molecule has 1 aliphatic heterocycles. The van der Waals surface area contributed by atoms with Gasteiger partial charge in [0.25, 0.3) is 5.69 Å². The number of nitrogens with one attached hydrogen (secondary N) is 2. The second kappa shape index (κ2) is 17.9. The summed E-state index contributed by atoms with van der Waals surface area (Å²) in [7, 11) is -4.27. The van der Waals surface area contributed by atoms with Crippen LogP contribution in [0.4, 0.5) is 5.69 Å². The van der Waals surface area contributed by atoms with Crippen LogP contribution >= 0.6 is 0 Å². The molecule has 3 rings (SSSR count). The number of amides is 2. The molecule has 13 heteroatoms. The molecule has 0 saturated carbocycles. The highest BCUT2D eigenvalue weighted by Gasteiger charge is 2.37. The van der Waals surface area contributed by atoms with E-state index >= 15 is 0 Å². The first-order chi connectivity index (χ1) is 21.9. The van der Waals surface area contributed by atoms with E-state index in [2.05, 4.69) is 10.9 Å². The van der Waals surface area contributed by atoms with Gasteiger partial charge >= 0.3 is 0 Å². The summed E-state index contributed by atoms with van der Waals surface area (Å²) in [6, 6.07) is 15.1. The quantitative estimate of drug-likeness (QED) is 0.170. The van der Waals surface area contributed by atoms with Crippen molar-refractivity contribution in [1.29, 1.82) is 0 Å². The second-order valence-corrected chi connectivity index (χ2v) is 14.2. The number of hydrogen-bond acceptors (Lipinski definition) is 8. The standard InChI is InChI=1S/C33H46N4O8S/c1-24(2)21-29(28(17-12-15-26-13-6-5-7-14-26)33(39)35-45-31-19-10-11-20-44-31)32(38)34-36(22-25(3)4)46(42,43)23-27-16-8-9-18-30(27)37(40)41/h5-9,12-16,18,24-25,28-29,31H,10-11,17,19-23H2,1-4H3,(H,34,38)(H,35,39)/t28-,29+,31?/m0/s1. The van der Waals surface area contributed by atoms with Crippen molar-refractivity contribution in [2.45, 2.75) is 71.8 Å². The molecule has 1 saturated heterocycles. The second-order valence-electron chi connectivity index (χ2n) is 12.3. The Balaban J connectivity index is 1.90. The molecule has 2 amide bonds. The fourth-order valence-corrected chi connectivity index (χ4v) is 6.73. The fourth-order valence-electron chi connectivity index (χ4n) is 5.19. The third kappa shape index (κ3) is 11.6. The minimum atomic E-state index is -4.27. The van der Waals surface area contributed by atoms with Gasteiger partial charge in [-0.05, 0) is 43.1 Å². The van der Waals surface area contributed by atoms with E-state index in [1.165, 1.54) is 24.3 Å². The average Bonchev–Trinajstić information content (AvgIpc) is 3.01. The van der Waals surface area contributed by atoms with E-state index in [-0.39, 0.29) is 42.5 Å². The number of nitro benzene ring substituents is 1. The molecule has 2 N–H and O–H groups in total. The molecule has 0 aliphatic carbocycles. The highest BCUT2D eigenvalue weighted by Crippen LogP contribution is 2.27. The van der Waals surface area contributed by atoms with Crippen molar-refractivity contribution >= 4 is 33.6 Å². The summed E-state index contributed by atoms with van der Waals surface area (Å²) in [5, 5.41) is 11.6. The molecule has 1 heterocycles. The van der Waals surface area contributed by atoms with Crippen LogP contribution in [0.5, 0.6) is 0 Å². The molecule has 1 unspecified atom stereocenters. The number of carbonyl (C=O) groups excluding carboxylic acids is 2. The van der Waals surface area contributed by atoms with Gasteiger partial charge in [-0.25, -0.2) is 18.7 Å². The third-order valence-corrected chi connectivity index (χ3v) is 9.03. The molecule has 2 aromatic rings. The number of carbonyl (C=O) groups is 2. The Morgan fingerprint density at radius 1 is 1.02 bits per heavy atom. The average molecular weight is 659 g/mol. The van der Waals surface area contributed by atoms with Gasteiger partial charge in [0.15, 0.2) is 6.29 Å². The lowest BCUT2D eigenvalue weighted by atomic mass is 9.82. The number of hydroxylamine groups is 1. The van der Waals surface area contributed by atoms with E-state index in [4.69, 9.17) is 9.57 Å². The molecule has 12 nitrogen and oxygen atoms in total. The summed E-state index contributed by atoms with van der Waals surface area (Å²) in [6.07, 6.45) is 5.96. The van der Waals surface area contributed by atoms with Crippen LogP contribution in [0.25, 0.3) is 6.08 Å². The zero-order chi connectivity index (χ0) is 33.7. The number of allylic oxidation sites excluding steroid dienone is 1. The maximum absolute atomic E-state index is 14.0. The summed E-state index contributed by atoms with van der Waals surface area (Å²) >= 11 is 0. The smallest absolute Gasteiger partial charge is 0.273 e. The number of nitro groups is 1. The van der Waals surface area contributed by atoms with Gasteiger partial charge < -0.3 is 4.74 Å². The van der Waals surface area contributed by atoms with Crippen molar-refractivity contribution in [1.82, 2.24) is 15.3 Å². The summed E-state index contributed by atoms with van der Waals surface area (Å²) in [5.41, 5.74) is 5.67. The lowest BCUT2D eigenvalue weighted by Crippen LogP contribution is -2.52. The van der Waals surface area contributed by atoms with Crippen molar-refractivity contribution in [2.24, 2.45) is 23.7 Å². The van der Waals surface area contributed by atoms with Crippen molar-refractivity contribution in [3.8, 4) is 0 Å². The third-order valence-electron chi connectivity index (χ3n) is 7.44. The van der Waals surface area contributed by atoms with Gasteiger partial charge in [0.05, 0.1) is 22.5 Å². The van der Waals surface area contributed by atoms with Crippen molar-refractivity contribution in [3.05, 3.63) is 81.9 Å². The first-order valence-electron chi connectivity index (χ1n) is 15.7. The lowest BCUT2D eigenvalue weighted by molar-refractivity contribution is -0.385. The predicted molar refractivity (Wildman–Crippen MR) is 175 cm³/mol. The zero-order valence-electron chi connectivity index (χ0n) is 27.0. The Morgan fingerprint density at radius 3 is 2.35 bits per heavy atom. The largest absolute Gasteiger partial charge is 0.350 e. The summed E-state index contributed by atoms with van der Waals surface area (Å²) < 4.78 is 33.8. The van der Waals surface area contributed by atoms with E-state index in [9.17, 15) is 28.1 Å². The first kappa shape index (κ1) is 36.8. The van der Waals surface area contributed by atoms with E-state index in [1.54, 1.807) is 13.8 Å². The molecule has 2 aromatic carbocycles. The van der Waals surface area contributed by atoms with Crippen LogP contribution in [-0.2, 0) is 34.9 Å². The van der Waals surface area contributed by atoms with Gasteiger partial charge in [-0.2, -0.15) is 0 Å². The van der Waals surface area contributed by atoms with Crippen LogP contribution in [-0.4, -0.2) is 49.0 Å². The molecule has 3 atom stereocenters. The molecule has 1 fully saturated rings. The van der Waals surface area contributed by atoms with Gasteiger partial charge in [-0.15, -0.1) is 4.41 Å². The molecule has 0 bridgehead atoms. The Bertz CT molecular complexity index is 1430. The number of benzene rings is 2. The van der Waals surface area contributed by atoms with Crippen molar-refractivity contribution in [2.75, 3.05) is 13.2 Å². The van der Waals surface area contributed by atoms with E-state index < -0.39 is 50.6 Å². The van der Waals surface area contributed by atoms with Crippen molar-refractivity contribution < 1.29 is 32.5 Å². The molecular weight excluding hydrogens is 612 g/mol. The van der Waals surface area contributed by atoms with Crippen LogP contribution in [0.15, 0.2) is 60.7 Å². The summed E-state index contributed by atoms with van der Waals surface area (Å²) in [6.45, 7) is 7.86. The molecular formula is C33H46N4O8S. The Hall–Kier alpha value is -3.65. The molecule has 0 radical (unpaired) electrons. The van der Waals surface area contributed by atoms with Gasteiger partial charge in [-0.3, -0.25) is 25.1 Å². The first-order valence-corrected chi connectivity index (χ1v) is 17.3. The van der Waals surface area contributed by atoms with Crippen LogP contribution < -0.4 is 10.9 Å². The Kier molecular flexibility index (Phi) is 14.3. The topological polar surface area (TPSA) is 157 Å². The van der Waals surface area contributed by atoms with E-state index in [0.717, 1.165) is 22.8 Å². The van der Waals surface area contributed by atoms with Gasteiger partial charge in [0, 0.05) is 31.2 Å². The highest BCUT2D eigenvalue weighted by molar-refractivity contribution is 7.88. The normalized spacial score (nSPS) is 16.9. The fraction of sp³-hybridized carbons (Fsp3) is 0.515. The van der Waals surface area contributed by atoms with Crippen LogP contribution in [0, 0.1) is 33.8 Å². The van der Waals surface area contributed by atoms with Crippen LogP contribution in [0.2, 0.25) is 0 Å². The highest BCUT2D eigenvalue weighted by atomic mass is 32.2. The van der Waals surface area contributed by atoms with E-state index in [1.807, 2.05) is 56.3 Å². The number of ether oxygens (including phenoxy) is 1. The Morgan fingerprint density at radius 2 is 1.72 bits per heavy atom. The summed E-state index contributed by atoms with van der Waals surface area (Å²) in [4.78, 5) is 44.2. The Labute approximate surface area is 271 Å². The van der Waals surface area contributed by atoms with Crippen LogP contribution in [0.1, 0.15) is 70.9 Å². The number of hydrogen-bond donors (Lipinski definition) is 2. The van der Waals surface area contributed by atoms with Gasteiger partial charge in [0.2, 0.25) is 21.8 Å². The maximum atomic E-state index is 14.0. The monoisotopic (exact) mass is 658 g/mol. The van der Waals surface area contributed by atoms with Gasteiger partial charge in [0.1, 0.15) is 0 Å². The van der Waals surface area contributed by atoms with Gasteiger partial charge in [-0.1, -0.05) is 88.4 Å². The maximum Gasteiger partial charge on any atom is 0.273 e. The van der Waals surface area contributed by atoms with Crippen molar-refractivity contribution in [3.63, 3.8) is 0 Å². The number of rotatable bonds is 17. The summed E-state index contributed by atoms with van der Waals surface area (Å²) in [5.74, 6) is -3.93. The van der Waals surface area contributed by atoms with Crippen LogP contribution in [0.3, 0.4) is 0 Å². The minimum Gasteiger partial charge on any atom is -0.350 e. The molecule has 46 heavy (non-hydrogen) atoms. The molecule has 1 aliphatic rings. The number of nitrogens with zero attached hydrogens (tertiary/aromatic N) is 2. The molecule has 0 aromatic heterocycles. The van der Waals surface area contributed by atoms with E-state index in [0.29, 0.717) is 13.0 Å². The zero-order valence-corrected chi connectivity index (χ0v) is 27.8. The lowest BCUT2D eigenvalue weighted by Gasteiger charge is -2.31. The minimum absolute atomic E-state index is 0.000352. The predicted octanol–water partition coefficient (Wildman–Crippen LogP) is 5.37. The molecule has 0 spiro atoms. The number of para-hydroxylation sites is 1. The number of hydrazine groups is 1. The molecule has 252 valence electrons.